The molecule has 5 heteroatoms. The first-order valence-corrected chi connectivity index (χ1v) is 5.96. The van der Waals surface area contributed by atoms with Crippen molar-refractivity contribution in [3.63, 3.8) is 0 Å². The molecule has 0 aliphatic carbocycles. The van der Waals surface area contributed by atoms with Crippen LogP contribution in [0.1, 0.15) is 27.2 Å². The lowest BCUT2D eigenvalue weighted by molar-refractivity contribution is 0.245. The van der Waals surface area contributed by atoms with Gasteiger partial charge in [0.15, 0.2) is 16.6 Å². The van der Waals surface area contributed by atoms with Crippen molar-refractivity contribution in [1.29, 1.82) is 0 Å². The van der Waals surface area contributed by atoms with Crippen molar-refractivity contribution < 1.29 is 4.74 Å². The lowest BCUT2D eigenvalue weighted by Gasteiger charge is -2.18. The van der Waals surface area contributed by atoms with E-state index in [9.17, 15) is 0 Å². The molecule has 0 aromatic carbocycles. The van der Waals surface area contributed by atoms with Crippen molar-refractivity contribution in [2.24, 2.45) is 0 Å². The van der Waals surface area contributed by atoms with Crippen molar-refractivity contribution in [3.05, 3.63) is 0 Å². The minimum Gasteiger partial charge on any atom is -0.484 e. The van der Waals surface area contributed by atoms with Crippen LogP contribution < -0.4 is 15.4 Å². The third-order valence-electron chi connectivity index (χ3n) is 1.92. The summed E-state index contributed by atoms with van der Waals surface area (Å²) in [6.07, 6.45) is 1.22. The summed E-state index contributed by atoms with van der Waals surface area (Å²) in [6, 6.07) is 0. The van der Waals surface area contributed by atoms with E-state index >= 15 is 0 Å². The Morgan fingerprint density at radius 3 is 2.73 bits per heavy atom. The van der Waals surface area contributed by atoms with Crippen LogP contribution in [0.15, 0.2) is 0 Å². The van der Waals surface area contributed by atoms with Crippen LogP contribution in [0.25, 0.3) is 0 Å². The van der Waals surface area contributed by atoms with Crippen LogP contribution in [0.3, 0.4) is 0 Å². The van der Waals surface area contributed by atoms with Gasteiger partial charge >= 0.3 is 0 Å². The van der Waals surface area contributed by atoms with Crippen molar-refractivity contribution in [2.75, 3.05) is 24.2 Å². The van der Waals surface area contributed by atoms with Gasteiger partial charge in [-0.3, -0.25) is 0 Å². The minimum atomic E-state index is 0.123. The first kappa shape index (κ1) is 12.1. The molecular weight excluding hydrogens is 210 g/mol. The summed E-state index contributed by atoms with van der Waals surface area (Å²) >= 11 is 1.39. The maximum atomic E-state index is 5.77. The fourth-order valence-corrected chi connectivity index (χ4v) is 2.05. The SMILES string of the molecule is CCCN(C)c1snc(N)c1OC(C)C. The molecule has 0 spiro atoms. The van der Waals surface area contributed by atoms with Gasteiger partial charge in [0.25, 0.3) is 0 Å². The largest absolute Gasteiger partial charge is 0.484 e. The van der Waals surface area contributed by atoms with Gasteiger partial charge in [-0.2, -0.15) is 4.37 Å². The first-order chi connectivity index (χ1) is 7.06. The summed E-state index contributed by atoms with van der Waals surface area (Å²) in [7, 11) is 2.03. The Morgan fingerprint density at radius 1 is 1.53 bits per heavy atom. The van der Waals surface area contributed by atoms with E-state index in [2.05, 4.69) is 16.2 Å². The highest BCUT2D eigenvalue weighted by molar-refractivity contribution is 7.11. The number of hydrogen-bond donors (Lipinski definition) is 1. The molecule has 0 bridgehead atoms. The monoisotopic (exact) mass is 229 g/mol. The number of rotatable bonds is 5. The number of anilines is 2. The van der Waals surface area contributed by atoms with Gasteiger partial charge in [-0.15, -0.1) is 0 Å². The molecule has 0 aliphatic rings. The van der Waals surface area contributed by atoms with E-state index < -0.39 is 0 Å². The summed E-state index contributed by atoms with van der Waals surface area (Å²) in [5.41, 5.74) is 5.77. The molecular formula is C10H19N3OS. The maximum absolute atomic E-state index is 5.77. The quantitative estimate of drug-likeness (QED) is 0.842. The van der Waals surface area contributed by atoms with Gasteiger partial charge < -0.3 is 15.4 Å². The number of aromatic nitrogens is 1. The van der Waals surface area contributed by atoms with Crippen molar-refractivity contribution in [1.82, 2.24) is 4.37 Å². The number of hydrogen-bond acceptors (Lipinski definition) is 5. The lowest BCUT2D eigenvalue weighted by Crippen LogP contribution is -2.18. The second-order valence-corrected chi connectivity index (χ2v) is 4.54. The Morgan fingerprint density at radius 2 is 2.20 bits per heavy atom. The third kappa shape index (κ3) is 2.99. The normalized spacial score (nSPS) is 10.7. The van der Waals surface area contributed by atoms with E-state index in [1.807, 2.05) is 20.9 Å². The Bertz CT molecular complexity index is 312. The van der Waals surface area contributed by atoms with Gasteiger partial charge in [-0.05, 0) is 31.8 Å². The predicted molar refractivity (Wildman–Crippen MR) is 65.9 cm³/mol. The van der Waals surface area contributed by atoms with Gasteiger partial charge in [0.05, 0.1) is 6.10 Å². The zero-order valence-electron chi connectivity index (χ0n) is 9.78. The van der Waals surface area contributed by atoms with E-state index in [0.717, 1.165) is 23.7 Å². The minimum absolute atomic E-state index is 0.123. The van der Waals surface area contributed by atoms with Gasteiger partial charge in [-0.25, -0.2) is 0 Å². The molecule has 1 heterocycles. The predicted octanol–water partition coefficient (Wildman–Crippen LogP) is 2.36. The Kier molecular flexibility index (Phi) is 4.20. The van der Waals surface area contributed by atoms with E-state index in [0.29, 0.717) is 5.82 Å². The first-order valence-electron chi connectivity index (χ1n) is 5.19. The van der Waals surface area contributed by atoms with Crippen molar-refractivity contribution in [3.8, 4) is 5.75 Å². The average molecular weight is 229 g/mol. The molecule has 0 amide bonds. The number of nitrogens with two attached hydrogens (primary N) is 1. The molecule has 0 unspecified atom stereocenters. The zero-order valence-corrected chi connectivity index (χ0v) is 10.6. The number of nitrogens with zero attached hydrogens (tertiary/aromatic N) is 2. The molecule has 0 saturated heterocycles. The molecule has 0 fully saturated rings. The van der Waals surface area contributed by atoms with Gasteiger partial charge in [-0.1, -0.05) is 6.92 Å². The summed E-state index contributed by atoms with van der Waals surface area (Å²) in [5, 5.41) is 1.02. The summed E-state index contributed by atoms with van der Waals surface area (Å²) in [6.45, 7) is 7.10. The highest BCUT2D eigenvalue weighted by atomic mass is 32.1. The summed E-state index contributed by atoms with van der Waals surface area (Å²) in [5.74, 6) is 1.22. The third-order valence-corrected chi connectivity index (χ3v) is 2.87. The molecule has 0 atom stereocenters. The van der Waals surface area contributed by atoms with Crippen LogP contribution in [-0.2, 0) is 0 Å². The molecule has 1 aromatic heterocycles. The van der Waals surface area contributed by atoms with E-state index in [1.54, 1.807) is 0 Å². The number of nitrogen functional groups attached to an aromatic ring is 1. The molecule has 1 rings (SSSR count). The van der Waals surface area contributed by atoms with Crippen LogP contribution in [0, 0.1) is 0 Å². The van der Waals surface area contributed by atoms with E-state index in [4.69, 9.17) is 10.5 Å². The van der Waals surface area contributed by atoms with Crippen molar-refractivity contribution >= 4 is 22.4 Å². The van der Waals surface area contributed by atoms with E-state index in [1.165, 1.54) is 11.5 Å². The second-order valence-electron chi connectivity index (χ2n) is 3.79. The molecule has 2 N–H and O–H groups in total. The Hall–Kier alpha value is -0.970. The van der Waals surface area contributed by atoms with Crippen LogP contribution in [-0.4, -0.2) is 24.1 Å². The number of ether oxygens (including phenoxy) is 1. The molecule has 0 radical (unpaired) electrons. The molecule has 1 aromatic rings. The van der Waals surface area contributed by atoms with Crippen LogP contribution >= 0.6 is 11.5 Å². The fourth-order valence-electron chi connectivity index (χ4n) is 1.31. The molecule has 0 saturated carbocycles. The topological polar surface area (TPSA) is 51.4 Å². The van der Waals surface area contributed by atoms with Gasteiger partial charge in [0.2, 0.25) is 0 Å². The van der Waals surface area contributed by atoms with E-state index in [-0.39, 0.29) is 6.10 Å². The summed E-state index contributed by atoms with van der Waals surface area (Å²) < 4.78 is 9.79. The average Bonchev–Trinajstić information content (AvgIpc) is 2.48. The summed E-state index contributed by atoms with van der Waals surface area (Å²) in [4.78, 5) is 2.13. The fraction of sp³-hybridized carbons (Fsp3) is 0.700. The van der Waals surface area contributed by atoms with Crippen LogP contribution in [0.2, 0.25) is 0 Å². The zero-order chi connectivity index (χ0) is 11.4. The molecule has 0 aliphatic heterocycles. The lowest BCUT2D eigenvalue weighted by atomic mass is 10.4. The highest BCUT2D eigenvalue weighted by Gasteiger charge is 2.17. The Labute approximate surface area is 95.2 Å². The maximum Gasteiger partial charge on any atom is 0.198 e. The van der Waals surface area contributed by atoms with Crippen molar-refractivity contribution in [2.45, 2.75) is 33.3 Å². The molecule has 4 nitrogen and oxygen atoms in total. The standard InChI is InChI=1S/C10H19N3OS/c1-5-6-13(4)10-8(14-7(2)3)9(11)12-15-10/h7H,5-6H2,1-4H3,(H2,11,12). The second kappa shape index (κ2) is 5.21. The van der Waals surface area contributed by atoms with Gasteiger partial charge in [0, 0.05) is 13.6 Å². The Balaban J connectivity index is 2.87. The van der Waals surface area contributed by atoms with Crippen LogP contribution in [0.5, 0.6) is 5.75 Å². The highest BCUT2D eigenvalue weighted by Crippen LogP contribution is 2.38. The smallest absolute Gasteiger partial charge is 0.198 e. The van der Waals surface area contributed by atoms with Gasteiger partial charge in [0.1, 0.15) is 0 Å². The molecule has 15 heavy (non-hydrogen) atoms. The van der Waals surface area contributed by atoms with Crippen LogP contribution in [0.4, 0.5) is 10.8 Å². The molecule has 86 valence electrons.